The number of phenolic OH excluding ortho intramolecular Hbond substituents is 1. The summed E-state index contributed by atoms with van der Waals surface area (Å²) >= 11 is 0. The van der Waals surface area contributed by atoms with Gasteiger partial charge in [0.1, 0.15) is 5.75 Å². The Hall–Kier alpha value is -2.04. The van der Waals surface area contributed by atoms with Gasteiger partial charge in [0.25, 0.3) is 5.96 Å². The summed E-state index contributed by atoms with van der Waals surface area (Å²) in [4.78, 5) is 0. The molecule has 68 valence electrons. The molecule has 0 spiro atoms. The van der Waals surface area contributed by atoms with Crippen molar-refractivity contribution in [2.75, 3.05) is 0 Å². The van der Waals surface area contributed by atoms with Crippen molar-refractivity contribution >= 4 is 12.2 Å². The van der Waals surface area contributed by atoms with Crippen LogP contribution in [0.4, 0.5) is 0 Å². The van der Waals surface area contributed by atoms with E-state index in [0.717, 1.165) is 0 Å². The third-order valence-electron chi connectivity index (χ3n) is 1.35. The number of phenols is 1. The van der Waals surface area contributed by atoms with E-state index in [-0.39, 0.29) is 11.7 Å². The molecule has 0 bridgehead atoms. The first-order valence-corrected chi connectivity index (χ1v) is 3.65. The van der Waals surface area contributed by atoms with E-state index in [1.54, 1.807) is 24.3 Å². The lowest BCUT2D eigenvalue weighted by Crippen LogP contribution is -2.63. The van der Waals surface area contributed by atoms with E-state index >= 15 is 0 Å². The number of nitrogens with zero attached hydrogens (tertiary/aromatic N) is 1. The van der Waals surface area contributed by atoms with Crippen LogP contribution < -0.4 is 16.6 Å². The smallest absolute Gasteiger partial charge is 0.256 e. The van der Waals surface area contributed by atoms with Gasteiger partial charge in [0, 0.05) is 5.10 Å². The predicted molar refractivity (Wildman–Crippen MR) is 50.0 cm³/mol. The lowest BCUT2D eigenvalue weighted by molar-refractivity contribution is -0.456. The molecule has 5 nitrogen and oxygen atoms in total. The monoisotopic (exact) mass is 179 g/mol. The van der Waals surface area contributed by atoms with Crippen LogP contribution in [0.2, 0.25) is 0 Å². The van der Waals surface area contributed by atoms with Crippen molar-refractivity contribution in [3.63, 3.8) is 0 Å². The largest absolute Gasteiger partial charge is 0.507 e. The molecule has 0 aromatic heterocycles. The summed E-state index contributed by atoms with van der Waals surface area (Å²) in [6.45, 7) is 0. The Labute approximate surface area is 75.4 Å². The molecule has 1 aromatic carbocycles. The maximum absolute atomic E-state index is 9.29. The van der Waals surface area contributed by atoms with Gasteiger partial charge in [0.15, 0.2) is 0 Å². The zero-order chi connectivity index (χ0) is 9.68. The molecule has 0 unspecified atom stereocenters. The van der Waals surface area contributed by atoms with Crippen LogP contribution in [0.5, 0.6) is 5.75 Å². The number of benzene rings is 1. The van der Waals surface area contributed by atoms with Gasteiger partial charge in [-0.05, 0) is 12.1 Å². The number of nitrogens with one attached hydrogen (secondary N) is 1. The number of rotatable bonds is 2. The minimum Gasteiger partial charge on any atom is -0.507 e. The van der Waals surface area contributed by atoms with Gasteiger partial charge < -0.3 is 16.6 Å². The summed E-state index contributed by atoms with van der Waals surface area (Å²) < 4.78 is 0. The standard InChI is InChI=1S/C8H10N4O/c9-8(10)12-11-5-6-3-1-2-4-7(6)13/h1-5,13H,(H4,9,10,12)/p+1/b11-5+. The Morgan fingerprint density at radius 3 is 2.69 bits per heavy atom. The lowest BCUT2D eigenvalue weighted by Gasteiger charge is -1.91. The van der Waals surface area contributed by atoms with Crippen molar-refractivity contribution in [1.29, 1.82) is 0 Å². The fourth-order valence-corrected chi connectivity index (χ4v) is 0.786. The highest BCUT2D eigenvalue weighted by Gasteiger charge is 1.97. The molecule has 0 fully saturated rings. The SMILES string of the molecule is NC(N)=N/[NH+]=C/c1ccccc1O. The summed E-state index contributed by atoms with van der Waals surface area (Å²) in [5.41, 5.74) is 10.8. The third kappa shape index (κ3) is 2.82. The van der Waals surface area contributed by atoms with E-state index < -0.39 is 0 Å². The third-order valence-corrected chi connectivity index (χ3v) is 1.35. The van der Waals surface area contributed by atoms with Crippen LogP contribution >= 0.6 is 0 Å². The number of nitrogens with two attached hydrogens (primary N) is 2. The molecule has 6 N–H and O–H groups in total. The number of hydrogen-bond acceptors (Lipinski definition) is 2. The van der Waals surface area contributed by atoms with Gasteiger partial charge in [-0.1, -0.05) is 12.1 Å². The van der Waals surface area contributed by atoms with Crippen molar-refractivity contribution in [3.05, 3.63) is 29.8 Å². The molecule has 0 saturated carbocycles. The Bertz CT molecular complexity index is 342. The molecule has 0 aliphatic rings. The highest BCUT2D eigenvalue weighted by Crippen LogP contribution is 2.11. The molecule has 13 heavy (non-hydrogen) atoms. The topological polar surface area (TPSA) is 98.6 Å². The molecule has 0 aliphatic heterocycles. The predicted octanol–water partition coefficient (Wildman–Crippen LogP) is -1.92. The number of para-hydroxylation sites is 1. The first-order chi connectivity index (χ1) is 6.20. The van der Waals surface area contributed by atoms with Gasteiger partial charge in [-0.2, -0.15) is 0 Å². The number of hydrazone groups is 1. The van der Waals surface area contributed by atoms with Crippen LogP contribution in [-0.4, -0.2) is 17.3 Å². The Balaban J connectivity index is 2.80. The van der Waals surface area contributed by atoms with E-state index in [2.05, 4.69) is 10.2 Å². The van der Waals surface area contributed by atoms with Crippen LogP contribution in [0, 0.1) is 0 Å². The molecule has 1 rings (SSSR count). The van der Waals surface area contributed by atoms with Gasteiger partial charge in [-0.15, -0.1) is 5.10 Å². The number of guanidine groups is 1. The average molecular weight is 179 g/mol. The summed E-state index contributed by atoms with van der Waals surface area (Å²) in [6.07, 6.45) is 1.50. The zero-order valence-electron chi connectivity index (χ0n) is 6.94. The van der Waals surface area contributed by atoms with Gasteiger partial charge in [0.2, 0.25) is 6.21 Å². The fourth-order valence-electron chi connectivity index (χ4n) is 0.786. The first-order valence-electron chi connectivity index (χ1n) is 3.65. The summed E-state index contributed by atoms with van der Waals surface area (Å²) in [6, 6.07) is 6.82. The minimum atomic E-state index is -0.0633. The summed E-state index contributed by atoms with van der Waals surface area (Å²) in [5, 5.41) is 15.3. The van der Waals surface area contributed by atoms with Crippen LogP contribution in [0.25, 0.3) is 0 Å². The van der Waals surface area contributed by atoms with Crippen molar-refractivity contribution in [2.24, 2.45) is 16.6 Å². The highest BCUT2D eigenvalue weighted by atomic mass is 16.3. The molecule has 0 aliphatic carbocycles. The van der Waals surface area contributed by atoms with Crippen LogP contribution in [0.3, 0.4) is 0 Å². The van der Waals surface area contributed by atoms with Crippen molar-refractivity contribution in [3.8, 4) is 5.75 Å². The maximum Gasteiger partial charge on any atom is 0.256 e. The van der Waals surface area contributed by atoms with Crippen LogP contribution in [0.1, 0.15) is 5.56 Å². The molecule has 1 aromatic rings. The second-order valence-corrected chi connectivity index (χ2v) is 2.37. The normalized spacial score (nSPS) is 10.2. The molecule has 0 radical (unpaired) electrons. The van der Waals surface area contributed by atoms with Gasteiger partial charge >= 0.3 is 0 Å². The van der Waals surface area contributed by atoms with Gasteiger partial charge in [-0.3, -0.25) is 0 Å². The quantitative estimate of drug-likeness (QED) is 0.242. The molecule has 0 saturated heterocycles. The number of aromatic hydroxyl groups is 1. The Kier molecular flexibility index (Phi) is 2.86. The first kappa shape index (κ1) is 9.05. The molecular weight excluding hydrogens is 168 g/mol. The molecule has 0 amide bonds. The minimum absolute atomic E-state index is 0.0633. The molecule has 5 heteroatoms. The Morgan fingerprint density at radius 1 is 1.38 bits per heavy atom. The molecule has 0 heterocycles. The summed E-state index contributed by atoms with van der Waals surface area (Å²) in [7, 11) is 0. The zero-order valence-corrected chi connectivity index (χ0v) is 6.94. The summed E-state index contributed by atoms with van der Waals surface area (Å²) in [5.74, 6) is 0.104. The van der Waals surface area contributed by atoms with E-state index in [1.807, 2.05) is 0 Å². The lowest BCUT2D eigenvalue weighted by atomic mass is 10.2. The van der Waals surface area contributed by atoms with Crippen molar-refractivity contribution in [1.82, 2.24) is 0 Å². The van der Waals surface area contributed by atoms with Gasteiger partial charge in [0.05, 0.1) is 5.56 Å². The van der Waals surface area contributed by atoms with Crippen LogP contribution in [-0.2, 0) is 0 Å². The molecular formula is C8H11N4O+. The van der Waals surface area contributed by atoms with E-state index in [9.17, 15) is 5.11 Å². The second-order valence-electron chi connectivity index (χ2n) is 2.37. The van der Waals surface area contributed by atoms with E-state index in [0.29, 0.717) is 5.56 Å². The highest BCUT2D eigenvalue weighted by molar-refractivity contribution is 5.79. The number of hydrogen-bond donors (Lipinski definition) is 4. The van der Waals surface area contributed by atoms with Crippen molar-refractivity contribution < 1.29 is 10.2 Å². The van der Waals surface area contributed by atoms with Crippen LogP contribution in [0.15, 0.2) is 29.4 Å². The van der Waals surface area contributed by atoms with E-state index in [4.69, 9.17) is 11.5 Å². The van der Waals surface area contributed by atoms with Crippen molar-refractivity contribution in [2.45, 2.75) is 0 Å². The van der Waals surface area contributed by atoms with E-state index in [1.165, 1.54) is 6.21 Å². The van der Waals surface area contributed by atoms with Gasteiger partial charge in [-0.25, -0.2) is 0 Å². The molecule has 0 atom stereocenters. The Morgan fingerprint density at radius 2 is 2.08 bits per heavy atom. The fraction of sp³-hybridized carbons (Fsp3) is 0. The maximum atomic E-state index is 9.29. The average Bonchev–Trinajstić information content (AvgIpc) is 2.08. The second kappa shape index (κ2) is 4.10.